The number of ether oxygens (including phenoxy) is 1. The van der Waals surface area contributed by atoms with Crippen LogP contribution in [0.2, 0.25) is 0 Å². The number of hydrazine groups is 1. The topological polar surface area (TPSA) is 50.8 Å². The van der Waals surface area contributed by atoms with Gasteiger partial charge in [0.25, 0.3) is 0 Å². The molecule has 0 amide bonds. The summed E-state index contributed by atoms with van der Waals surface area (Å²) in [7, 11) is 1.15. The van der Waals surface area contributed by atoms with Crippen molar-refractivity contribution in [1.29, 1.82) is 0 Å². The van der Waals surface area contributed by atoms with E-state index in [4.69, 9.17) is 4.84 Å². The van der Waals surface area contributed by atoms with Gasteiger partial charge in [-0.2, -0.15) is 13.2 Å². The third-order valence-corrected chi connectivity index (χ3v) is 2.60. The molecule has 1 aliphatic rings. The third-order valence-electron chi connectivity index (χ3n) is 2.60. The van der Waals surface area contributed by atoms with Crippen molar-refractivity contribution >= 4 is 11.7 Å². The fourth-order valence-electron chi connectivity index (χ4n) is 1.69. The molecule has 20 heavy (non-hydrogen) atoms. The summed E-state index contributed by atoms with van der Waals surface area (Å²) in [6, 6.07) is 2.97. The summed E-state index contributed by atoms with van der Waals surface area (Å²) in [6.07, 6.45) is -3.22. The van der Waals surface area contributed by atoms with Gasteiger partial charge in [-0.15, -0.1) is 0 Å². The number of carbonyl (C=O) groups excluding carboxylic acids is 1. The van der Waals surface area contributed by atoms with Crippen molar-refractivity contribution < 1.29 is 27.5 Å². The number of nitrogens with zero attached hydrogens (tertiary/aromatic N) is 1. The molecule has 0 aliphatic carbocycles. The van der Waals surface area contributed by atoms with Crippen LogP contribution in [0.3, 0.4) is 0 Å². The molecule has 2 rings (SSSR count). The SMILES string of the molecule is COC(=O)c1ccc(C(F)(F)F)c(N2C=C(C)ON2)c1. The Labute approximate surface area is 112 Å². The highest BCUT2D eigenvalue weighted by Crippen LogP contribution is 2.37. The fraction of sp³-hybridized carbons (Fsp3) is 0.250. The molecule has 5 nitrogen and oxygen atoms in total. The lowest BCUT2D eigenvalue weighted by atomic mass is 10.1. The van der Waals surface area contributed by atoms with E-state index in [0.717, 1.165) is 30.3 Å². The van der Waals surface area contributed by atoms with E-state index in [1.807, 2.05) is 0 Å². The van der Waals surface area contributed by atoms with Crippen LogP contribution in [0, 0.1) is 0 Å². The average molecular weight is 288 g/mol. The van der Waals surface area contributed by atoms with Crippen molar-refractivity contribution in [3.8, 4) is 0 Å². The molecule has 0 spiro atoms. The van der Waals surface area contributed by atoms with Gasteiger partial charge in [-0.05, 0) is 25.1 Å². The van der Waals surface area contributed by atoms with Gasteiger partial charge in [0.05, 0.1) is 30.1 Å². The van der Waals surface area contributed by atoms with Gasteiger partial charge >= 0.3 is 12.1 Å². The number of benzene rings is 1. The number of esters is 1. The Balaban J connectivity index is 2.51. The second-order valence-electron chi connectivity index (χ2n) is 4.02. The first-order valence-corrected chi connectivity index (χ1v) is 5.52. The van der Waals surface area contributed by atoms with E-state index in [0.29, 0.717) is 5.76 Å². The highest BCUT2D eigenvalue weighted by Gasteiger charge is 2.36. The first-order valence-electron chi connectivity index (χ1n) is 5.52. The Morgan fingerprint density at radius 1 is 1.40 bits per heavy atom. The largest absolute Gasteiger partial charge is 0.465 e. The number of methoxy groups -OCH3 is 1. The van der Waals surface area contributed by atoms with Gasteiger partial charge < -0.3 is 9.57 Å². The Bertz CT molecular complexity index is 570. The minimum atomic E-state index is -4.56. The first kappa shape index (κ1) is 14.2. The normalized spacial score (nSPS) is 14.8. The number of halogens is 3. The molecule has 0 radical (unpaired) electrons. The van der Waals surface area contributed by atoms with Crippen molar-refractivity contribution in [1.82, 2.24) is 5.59 Å². The van der Waals surface area contributed by atoms with Crippen LogP contribution in [-0.2, 0) is 15.8 Å². The van der Waals surface area contributed by atoms with Crippen LogP contribution in [0.1, 0.15) is 22.8 Å². The molecule has 8 heteroatoms. The first-order chi connectivity index (χ1) is 9.32. The zero-order valence-corrected chi connectivity index (χ0v) is 10.6. The fourth-order valence-corrected chi connectivity index (χ4v) is 1.69. The predicted octanol–water partition coefficient (Wildman–Crippen LogP) is 2.61. The average Bonchev–Trinajstić information content (AvgIpc) is 2.82. The molecule has 0 saturated carbocycles. The van der Waals surface area contributed by atoms with Gasteiger partial charge in [-0.1, -0.05) is 5.59 Å². The van der Waals surface area contributed by atoms with Crippen molar-refractivity contribution in [2.24, 2.45) is 0 Å². The highest BCUT2D eigenvalue weighted by atomic mass is 19.4. The maximum absolute atomic E-state index is 13.0. The number of nitrogens with one attached hydrogen (secondary N) is 1. The number of carbonyl (C=O) groups is 1. The van der Waals surface area contributed by atoms with Crippen LogP contribution in [0.5, 0.6) is 0 Å². The number of rotatable bonds is 2. The van der Waals surface area contributed by atoms with Crippen LogP contribution in [-0.4, -0.2) is 13.1 Å². The summed E-state index contributed by atoms with van der Waals surface area (Å²) >= 11 is 0. The molecule has 1 aliphatic heterocycles. The second kappa shape index (κ2) is 5.04. The molecule has 1 heterocycles. The van der Waals surface area contributed by atoms with Crippen LogP contribution >= 0.6 is 0 Å². The molecule has 1 aromatic carbocycles. The summed E-state index contributed by atoms with van der Waals surface area (Å²) in [5.41, 5.74) is 1.17. The minimum Gasteiger partial charge on any atom is -0.465 e. The van der Waals surface area contributed by atoms with E-state index in [2.05, 4.69) is 10.3 Å². The van der Waals surface area contributed by atoms with Crippen LogP contribution < -0.4 is 10.6 Å². The van der Waals surface area contributed by atoms with Crippen LogP contribution in [0.25, 0.3) is 0 Å². The maximum atomic E-state index is 13.0. The zero-order chi connectivity index (χ0) is 14.9. The Morgan fingerprint density at radius 2 is 2.10 bits per heavy atom. The van der Waals surface area contributed by atoms with E-state index >= 15 is 0 Å². The molecule has 0 saturated heterocycles. The maximum Gasteiger partial charge on any atom is 0.418 e. The van der Waals surface area contributed by atoms with E-state index in [1.54, 1.807) is 6.92 Å². The van der Waals surface area contributed by atoms with E-state index in [-0.39, 0.29) is 11.3 Å². The lowest BCUT2D eigenvalue weighted by Gasteiger charge is -2.20. The van der Waals surface area contributed by atoms with Gasteiger partial charge in [0, 0.05) is 0 Å². The quantitative estimate of drug-likeness (QED) is 0.848. The Hall–Kier alpha value is -2.22. The Morgan fingerprint density at radius 3 is 2.60 bits per heavy atom. The molecule has 0 unspecified atom stereocenters. The van der Waals surface area contributed by atoms with Crippen molar-refractivity contribution in [2.45, 2.75) is 13.1 Å². The molecule has 0 aromatic heterocycles. The van der Waals surface area contributed by atoms with Crippen LogP contribution in [0.15, 0.2) is 30.2 Å². The van der Waals surface area contributed by atoms with Gasteiger partial charge in [-0.3, -0.25) is 0 Å². The van der Waals surface area contributed by atoms with Gasteiger partial charge in [0.1, 0.15) is 5.76 Å². The van der Waals surface area contributed by atoms with Gasteiger partial charge in [0.2, 0.25) is 0 Å². The number of hydrogen-bond donors (Lipinski definition) is 1. The molecule has 0 atom stereocenters. The molecular formula is C12H11F3N2O3. The third kappa shape index (κ3) is 2.69. The minimum absolute atomic E-state index is 0.00949. The number of allylic oxidation sites excluding steroid dienone is 1. The molecule has 0 bridgehead atoms. The van der Waals surface area contributed by atoms with Crippen molar-refractivity contribution in [3.63, 3.8) is 0 Å². The lowest BCUT2D eigenvalue weighted by molar-refractivity contribution is -0.137. The number of hydrogen-bond acceptors (Lipinski definition) is 5. The molecule has 1 N–H and O–H groups in total. The predicted molar refractivity (Wildman–Crippen MR) is 63.2 cm³/mol. The second-order valence-corrected chi connectivity index (χ2v) is 4.02. The summed E-state index contributed by atoms with van der Waals surface area (Å²) in [6.45, 7) is 1.57. The summed E-state index contributed by atoms with van der Waals surface area (Å²) < 4.78 is 43.4. The highest BCUT2D eigenvalue weighted by molar-refractivity contribution is 5.91. The molecule has 1 aromatic rings. The van der Waals surface area contributed by atoms with E-state index in [9.17, 15) is 18.0 Å². The van der Waals surface area contributed by atoms with Gasteiger partial charge in [-0.25, -0.2) is 9.80 Å². The smallest absolute Gasteiger partial charge is 0.418 e. The van der Waals surface area contributed by atoms with Crippen molar-refractivity contribution in [2.75, 3.05) is 12.1 Å². The number of anilines is 1. The van der Waals surface area contributed by atoms with Crippen LogP contribution in [0.4, 0.5) is 18.9 Å². The zero-order valence-electron chi connectivity index (χ0n) is 10.6. The molecule has 0 fully saturated rings. The molecule has 108 valence electrons. The van der Waals surface area contributed by atoms with E-state index < -0.39 is 17.7 Å². The summed E-state index contributed by atoms with van der Waals surface area (Å²) in [5, 5.41) is 1.05. The molecular weight excluding hydrogens is 277 g/mol. The standard InChI is InChI=1S/C12H11F3N2O3/c1-7-6-17(16-20-7)10-5-8(11(18)19-2)3-4-9(10)12(13,14)15/h3-6,16H,1-2H3. The Kier molecular flexibility index (Phi) is 3.58. The summed E-state index contributed by atoms with van der Waals surface area (Å²) in [4.78, 5) is 16.3. The van der Waals surface area contributed by atoms with Gasteiger partial charge in [0.15, 0.2) is 0 Å². The van der Waals surface area contributed by atoms with E-state index in [1.165, 1.54) is 6.20 Å². The van der Waals surface area contributed by atoms with Crippen molar-refractivity contribution in [3.05, 3.63) is 41.3 Å². The number of alkyl halides is 3. The summed E-state index contributed by atoms with van der Waals surface area (Å²) in [5.74, 6) is -0.331. The monoisotopic (exact) mass is 288 g/mol. The lowest BCUT2D eigenvalue weighted by Crippen LogP contribution is -2.29.